The van der Waals surface area contributed by atoms with Gasteiger partial charge in [-0.05, 0) is 37.6 Å². The van der Waals surface area contributed by atoms with E-state index < -0.39 is 0 Å². The summed E-state index contributed by atoms with van der Waals surface area (Å²) in [5, 5.41) is 10.6. The van der Waals surface area contributed by atoms with Gasteiger partial charge in [-0.15, -0.1) is 10.2 Å². The molecule has 2 heterocycles. The molecule has 162 valence electrons. The molecule has 9 heteroatoms. The maximum atomic E-state index is 13.1. The number of aromatic nitrogens is 4. The Bertz CT molecular complexity index is 1240. The van der Waals surface area contributed by atoms with Crippen LogP contribution < -0.4 is 10.3 Å². The summed E-state index contributed by atoms with van der Waals surface area (Å²) in [7, 11) is 0. The second-order valence-electron chi connectivity index (χ2n) is 6.77. The lowest BCUT2D eigenvalue weighted by Gasteiger charge is -2.11. The van der Waals surface area contributed by atoms with Crippen LogP contribution in [0.5, 0.6) is 5.75 Å². The lowest BCUT2D eigenvalue weighted by Crippen LogP contribution is -2.24. The van der Waals surface area contributed by atoms with Crippen molar-refractivity contribution in [3.8, 4) is 5.75 Å². The van der Waals surface area contributed by atoms with Crippen molar-refractivity contribution >= 4 is 40.0 Å². The highest BCUT2D eigenvalue weighted by Gasteiger charge is 2.16. The van der Waals surface area contributed by atoms with Crippen LogP contribution >= 0.6 is 23.4 Å². The van der Waals surface area contributed by atoms with Crippen LogP contribution in [0.15, 0.2) is 58.5 Å². The Hall–Kier alpha value is -2.55. The van der Waals surface area contributed by atoms with Gasteiger partial charge in [-0.1, -0.05) is 47.6 Å². The van der Waals surface area contributed by atoms with Crippen LogP contribution in [0, 0.1) is 0 Å². The number of para-hydroxylation sites is 2. The first kappa shape index (κ1) is 21.7. The Kier molecular flexibility index (Phi) is 7.11. The van der Waals surface area contributed by atoms with Gasteiger partial charge in [0.05, 0.1) is 22.5 Å². The number of hydrogen-bond acceptors (Lipinski definition) is 6. The van der Waals surface area contributed by atoms with E-state index in [4.69, 9.17) is 21.1 Å². The molecule has 4 aromatic rings. The number of fused-ring (bicyclic) bond motifs is 3. The van der Waals surface area contributed by atoms with Gasteiger partial charge in [-0.25, -0.2) is 0 Å². The Labute approximate surface area is 188 Å². The van der Waals surface area contributed by atoms with E-state index in [1.165, 1.54) is 11.8 Å². The first-order chi connectivity index (χ1) is 15.2. The molecule has 0 fully saturated rings. The standard InChI is InChI=1S/C22H23ClN4O3S/c1-2-29-13-7-12-26-20(28)16-8-3-5-10-18(16)27-21(26)24-25-22(27)31-15-14-30-19-11-6-4-9-17(19)23/h3-6,8-11H,2,7,12-15H2,1H3. The lowest BCUT2D eigenvalue weighted by molar-refractivity contribution is 0.141. The van der Waals surface area contributed by atoms with Crippen molar-refractivity contribution in [1.29, 1.82) is 0 Å². The summed E-state index contributed by atoms with van der Waals surface area (Å²) < 4.78 is 14.8. The molecule has 2 aromatic heterocycles. The minimum Gasteiger partial charge on any atom is -0.491 e. The van der Waals surface area contributed by atoms with Crippen molar-refractivity contribution in [2.75, 3.05) is 25.6 Å². The molecule has 0 radical (unpaired) electrons. The predicted molar refractivity (Wildman–Crippen MR) is 124 cm³/mol. The van der Waals surface area contributed by atoms with Crippen LogP contribution in [0.4, 0.5) is 0 Å². The largest absolute Gasteiger partial charge is 0.491 e. The molecule has 0 saturated heterocycles. The van der Waals surface area contributed by atoms with Crippen molar-refractivity contribution in [2.24, 2.45) is 0 Å². The normalized spacial score (nSPS) is 11.4. The fourth-order valence-corrected chi connectivity index (χ4v) is 4.29. The molecule has 31 heavy (non-hydrogen) atoms. The molecule has 0 aliphatic rings. The first-order valence-corrected chi connectivity index (χ1v) is 11.5. The van der Waals surface area contributed by atoms with Crippen LogP contribution in [-0.2, 0) is 11.3 Å². The van der Waals surface area contributed by atoms with Crippen LogP contribution in [0.25, 0.3) is 16.7 Å². The van der Waals surface area contributed by atoms with Gasteiger partial charge in [0.15, 0.2) is 5.16 Å². The molecule has 0 N–H and O–H groups in total. The van der Waals surface area contributed by atoms with Crippen LogP contribution in [0.1, 0.15) is 13.3 Å². The third-order valence-corrected chi connectivity index (χ3v) is 5.97. The average molecular weight is 459 g/mol. The number of halogens is 1. The monoisotopic (exact) mass is 458 g/mol. The summed E-state index contributed by atoms with van der Waals surface area (Å²) in [6.07, 6.45) is 0.725. The summed E-state index contributed by atoms with van der Waals surface area (Å²) >= 11 is 7.66. The fourth-order valence-electron chi connectivity index (χ4n) is 3.34. The molecule has 0 amide bonds. The van der Waals surface area contributed by atoms with E-state index in [1.807, 2.05) is 53.8 Å². The average Bonchev–Trinajstić information content (AvgIpc) is 3.21. The molecule has 0 spiro atoms. The number of benzene rings is 2. The van der Waals surface area contributed by atoms with Gasteiger partial charge in [0, 0.05) is 25.5 Å². The molecule has 7 nitrogen and oxygen atoms in total. The Balaban J connectivity index is 1.59. The van der Waals surface area contributed by atoms with E-state index in [0.29, 0.717) is 59.2 Å². The fraction of sp³-hybridized carbons (Fsp3) is 0.318. The van der Waals surface area contributed by atoms with E-state index >= 15 is 0 Å². The first-order valence-electron chi connectivity index (χ1n) is 10.1. The smallest absolute Gasteiger partial charge is 0.262 e. The number of hydrogen-bond donors (Lipinski definition) is 0. The Morgan fingerprint density at radius 3 is 2.71 bits per heavy atom. The third-order valence-electron chi connectivity index (χ3n) is 4.76. The number of thioether (sulfide) groups is 1. The molecule has 4 rings (SSSR count). The second-order valence-corrected chi connectivity index (χ2v) is 8.24. The maximum Gasteiger partial charge on any atom is 0.262 e. The van der Waals surface area contributed by atoms with Crippen molar-refractivity contribution < 1.29 is 9.47 Å². The van der Waals surface area contributed by atoms with Gasteiger partial charge in [0.2, 0.25) is 5.78 Å². The molecule has 0 unspecified atom stereocenters. The molecule has 2 aromatic carbocycles. The number of nitrogens with zero attached hydrogens (tertiary/aromatic N) is 4. The molecule has 0 saturated carbocycles. The van der Waals surface area contributed by atoms with Gasteiger partial charge >= 0.3 is 0 Å². The summed E-state index contributed by atoms with van der Waals surface area (Å²) in [4.78, 5) is 13.1. The summed E-state index contributed by atoms with van der Waals surface area (Å²) in [6, 6.07) is 14.9. The number of ether oxygens (including phenoxy) is 2. The highest BCUT2D eigenvalue weighted by Crippen LogP contribution is 2.25. The molecule has 0 aliphatic carbocycles. The zero-order valence-corrected chi connectivity index (χ0v) is 18.7. The van der Waals surface area contributed by atoms with Crippen molar-refractivity contribution in [3.63, 3.8) is 0 Å². The summed E-state index contributed by atoms with van der Waals surface area (Å²) in [5.74, 6) is 1.85. The number of aryl methyl sites for hydroxylation is 1. The topological polar surface area (TPSA) is 70.7 Å². The molecular weight excluding hydrogens is 436 g/mol. The van der Waals surface area contributed by atoms with Crippen molar-refractivity contribution in [3.05, 3.63) is 63.9 Å². The molecular formula is C22H23ClN4O3S. The predicted octanol–water partition coefficient (Wildman–Crippen LogP) is 4.30. The van der Waals surface area contributed by atoms with Gasteiger partial charge in [0.1, 0.15) is 5.75 Å². The summed E-state index contributed by atoms with van der Waals surface area (Å²) in [6.45, 7) is 4.19. The lowest BCUT2D eigenvalue weighted by atomic mass is 10.2. The van der Waals surface area contributed by atoms with E-state index in [0.717, 1.165) is 11.9 Å². The zero-order valence-electron chi connectivity index (χ0n) is 17.2. The van der Waals surface area contributed by atoms with Crippen LogP contribution in [-0.4, -0.2) is 44.7 Å². The Morgan fingerprint density at radius 1 is 1.06 bits per heavy atom. The van der Waals surface area contributed by atoms with E-state index in [2.05, 4.69) is 10.2 Å². The van der Waals surface area contributed by atoms with Crippen molar-refractivity contribution in [2.45, 2.75) is 25.0 Å². The quantitative estimate of drug-likeness (QED) is 0.261. The van der Waals surface area contributed by atoms with Crippen molar-refractivity contribution in [1.82, 2.24) is 19.2 Å². The molecule has 0 aliphatic heterocycles. The summed E-state index contributed by atoms with van der Waals surface area (Å²) in [5.41, 5.74) is 0.730. The minimum atomic E-state index is -0.0643. The maximum absolute atomic E-state index is 13.1. The van der Waals surface area contributed by atoms with E-state index in [1.54, 1.807) is 10.6 Å². The van der Waals surface area contributed by atoms with Gasteiger partial charge in [0.25, 0.3) is 5.56 Å². The molecule has 0 atom stereocenters. The van der Waals surface area contributed by atoms with Gasteiger partial charge in [-0.2, -0.15) is 0 Å². The second kappa shape index (κ2) is 10.2. The van der Waals surface area contributed by atoms with Crippen LogP contribution in [0.3, 0.4) is 0 Å². The van der Waals surface area contributed by atoms with E-state index in [9.17, 15) is 4.79 Å². The van der Waals surface area contributed by atoms with E-state index in [-0.39, 0.29) is 5.56 Å². The Morgan fingerprint density at radius 2 is 1.87 bits per heavy atom. The van der Waals surface area contributed by atoms with Gasteiger partial charge in [-0.3, -0.25) is 13.8 Å². The highest BCUT2D eigenvalue weighted by atomic mass is 35.5. The number of rotatable bonds is 10. The molecule has 0 bridgehead atoms. The highest BCUT2D eigenvalue weighted by molar-refractivity contribution is 7.99. The SMILES string of the molecule is CCOCCCn1c(=O)c2ccccc2n2c(SCCOc3ccccc3Cl)nnc12. The third kappa shape index (κ3) is 4.71. The zero-order chi connectivity index (χ0) is 21.6. The van der Waals surface area contributed by atoms with Crippen LogP contribution in [0.2, 0.25) is 5.02 Å². The minimum absolute atomic E-state index is 0.0643. The van der Waals surface area contributed by atoms with Gasteiger partial charge < -0.3 is 9.47 Å².